The quantitative estimate of drug-likeness (QED) is 0.851. The van der Waals surface area contributed by atoms with Gasteiger partial charge in [0.2, 0.25) is 5.91 Å². The van der Waals surface area contributed by atoms with Crippen molar-refractivity contribution in [2.24, 2.45) is 0 Å². The van der Waals surface area contributed by atoms with Crippen molar-refractivity contribution in [3.63, 3.8) is 0 Å². The SMILES string of the molecule is O=C(c1ccc(N2CCCC2=O)cc1)N1CCN(c2ccncc2)CC1. The zero-order valence-corrected chi connectivity index (χ0v) is 14.7. The number of pyridine rings is 1. The van der Waals surface area contributed by atoms with Crippen LogP contribution in [-0.2, 0) is 4.79 Å². The molecule has 2 fully saturated rings. The Morgan fingerprint density at radius 1 is 0.846 bits per heavy atom. The molecule has 2 aromatic rings. The summed E-state index contributed by atoms with van der Waals surface area (Å²) in [6.45, 7) is 3.80. The molecule has 6 heteroatoms. The summed E-state index contributed by atoms with van der Waals surface area (Å²) in [5, 5.41) is 0. The average molecular weight is 350 g/mol. The van der Waals surface area contributed by atoms with Crippen LogP contribution in [-0.4, -0.2) is 54.4 Å². The molecule has 6 nitrogen and oxygen atoms in total. The topological polar surface area (TPSA) is 56.8 Å². The van der Waals surface area contributed by atoms with Gasteiger partial charge in [0, 0.05) is 68.5 Å². The number of carbonyl (C=O) groups excluding carboxylic acids is 2. The van der Waals surface area contributed by atoms with Gasteiger partial charge in [-0.15, -0.1) is 0 Å². The molecular formula is C20H22N4O2. The molecule has 0 spiro atoms. The van der Waals surface area contributed by atoms with Crippen molar-refractivity contribution >= 4 is 23.2 Å². The maximum Gasteiger partial charge on any atom is 0.253 e. The van der Waals surface area contributed by atoms with Gasteiger partial charge in [0.15, 0.2) is 0 Å². The fraction of sp³-hybridized carbons (Fsp3) is 0.350. The van der Waals surface area contributed by atoms with Gasteiger partial charge in [-0.1, -0.05) is 0 Å². The summed E-state index contributed by atoms with van der Waals surface area (Å²) in [6.07, 6.45) is 5.10. The third kappa shape index (κ3) is 3.27. The van der Waals surface area contributed by atoms with Gasteiger partial charge in [0.05, 0.1) is 0 Å². The first kappa shape index (κ1) is 16.6. The van der Waals surface area contributed by atoms with Crippen LogP contribution < -0.4 is 9.80 Å². The lowest BCUT2D eigenvalue weighted by Gasteiger charge is -2.36. The number of nitrogens with zero attached hydrogens (tertiary/aromatic N) is 4. The Morgan fingerprint density at radius 3 is 2.15 bits per heavy atom. The molecule has 1 aromatic heterocycles. The third-order valence-corrected chi connectivity index (χ3v) is 5.09. The van der Waals surface area contributed by atoms with Gasteiger partial charge in [-0.2, -0.15) is 0 Å². The molecule has 134 valence electrons. The molecule has 0 unspecified atom stereocenters. The van der Waals surface area contributed by atoms with Crippen molar-refractivity contribution in [1.82, 2.24) is 9.88 Å². The fourth-order valence-corrected chi connectivity index (χ4v) is 3.61. The van der Waals surface area contributed by atoms with E-state index in [0.29, 0.717) is 25.1 Å². The molecule has 4 rings (SSSR count). The second kappa shape index (κ2) is 7.15. The number of hydrogen-bond acceptors (Lipinski definition) is 4. The molecule has 2 aliphatic rings. The number of piperazine rings is 1. The van der Waals surface area contributed by atoms with Crippen LogP contribution in [0.1, 0.15) is 23.2 Å². The number of amides is 2. The molecule has 0 saturated carbocycles. The van der Waals surface area contributed by atoms with E-state index in [4.69, 9.17) is 0 Å². The van der Waals surface area contributed by atoms with Crippen LogP contribution in [0.4, 0.5) is 11.4 Å². The van der Waals surface area contributed by atoms with Crippen molar-refractivity contribution in [3.05, 3.63) is 54.4 Å². The summed E-state index contributed by atoms with van der Waals surface area (Å²) in [4.78, 5) is 34.6. The summed E-state index contributed by atoms with van der Waals surface area (Å²) in [5.41, 5.74) is 2.70. The van der Waals surface area contributed by atoms with Crippen LogP contribution in [0.15, 0.2) is 48.8 Å². The Labute approximate surface area is 153 Å². The maximum absolute atomic E-state index is 12.8. The lowest BCUT2D eigenvalue weighted by atomic mass is 10.1. The molecular weight excluding hydrogens is 328 g/mol. The standard InChI is InChI=1S/C20H22N4O2/c25-19-2-1-11-24(19)18-5-3-16(4-6-18)20(26)23-14-12-22(13-15-23)17-7-9-21-10-8-17/h3-10H,1-2,11-15H2. The summed E-state index contributed by atoms with van der Waals surface area (Å²) in [7, 11) is 0. The molecule has 1 aromatic carbocycles. The lowest BCUT2D eigenvalue weighted by Crippen LogP contribution is -2.48. The molecule has 0 aliphatic carbocycles. The molecule has 0 N–H and O–H groups in total. The van der Waals surface area contributed by atoms with E-state index in [9.17, 15) is 9.59 Å². The molecule has 0 bridgehead atoms. The van der Waals surface area contributed by atoms with E-state index in [0.717, 1.165) is 37.4 Å². The molecule has 26 heavy (non-hydrogen) atoms. The number of anilines is 2. The van der Waals surface area contributed by atoms with Gasteiger partial charge in [0.25, 0.3) is 5.91 Å². The molecule has 2 aliphatic heterocycles. The highest BCUT2D eigenvalue weighted by Gasteiger charge is 2.24. The second-order valence-corrected chi connectivity index (χ2v) is 6.68. The normalized spacial score (nSPS) is 17.7. The van der Waals surface area contributed by atoms with Gasteiger partial charge in [-0.25, -0.2) is 0 Å². The molecule has 3 heterocycles. The Bertz CT molecular complexity index is 783. The van der Waals surface area contributed by atoms with Crippen molar-refractivity contribution in [3.8, 4) is 0 Å². The Hall–Kier alpha value is -2.89. The lowest BCUT2D eigenvalue weighted by molar-refractivity contribution is -0.117. The monoisotopic (exact) mass is 350 g/mol. The van der Waals surface area contributed by atoms with Gasteiger partial charge in [-0.05, 0) is 42.8 Å². The minimum atomic E-state index is 0.0543. The van der Waals surface area contributed by atoms with Crippen LogP contribution in [0.25, 0.3) is 0 Å². The Balaban J connectivity index is 1.38. The zero-order valence-electron chi connectivity index (χ0n) is 14.7. The van der Waals surface area contributed by atoms with Crippen LogP contribution in [0.3, 0.4) is 0 Å². The van der Waals surface area contributed by atoms with Crippen molar-refractivity contribution in [2.45, 2.75) is 12.8 Å². The van der Waals surface area contributed by atoms with E-state index in [2.05, 4.69) is 9.88 Å². The minimum absolute atomic E-state index is 0.0543. The second-order valence-electron chi connectivity index (χ2n) is 6.68. The number of aromatic nitrogens is 1. The highest BCUT2D eigenvalue weighted by Crippen LogP contribution is 2.22. The number of carbonyl (C=O) groups is 2. The van der Waals surface area contributed by atoms with Gasteiger partial charge < -0.3 is 14.7 Å². The van der Waals surface area contributed by atoms with Gasteiger partial charge >= 0.3 is 0 Å². The van der Waals surface area contributed by atoms with Crippen LogP contribution >= 0.6 is 0 Å². The Kier molecular flexibility index (Phi) is 4.56. The predicted molar refractivity (Wildman–Crippen MR) is 100 cm³/mol. The van der Waals surface area contributed by atoms with E-state index in [1.54, 1.807) is 17.3 Å². The summed E-state index contributed by atoms with van der Waals surface area (Å²) in [5.74, 6) is 0.218. The average Bonchev–Trinajstić information content (AvgIpc) is 3.14. The smallest absolute Gasteiger partial charge is 0.253 e. The highest BCUT2D eigenvalue weighted by atomic mass is 16.2. The predicted octanol–water partition coefficient (Wildman–Crippen LogP) is 2.17. The largest absolute Gasteiger partial charge is 0.368 e. The van der Waals surface area contributed by atoms with E-state index in [1.165, 1.54) is 0 Å². The zero-order chi connectivity index (χ0) is 17.9. The van der Waals surface area contributed by atoms with Crippen LogP contribution in [0.2, 0.25) is 0 Å². The maximum atomic E-state index is 12.8. The first-order valence-corrected chi connectivity index (χ1v) is 9.07. The van der Waals surface area contributed by atoms with E-state index < -0.39 is 0 Å². The molecule has 0 radical (unpaired) electrons. The van der Waals surface area contributed by atoms with Crippen LogP contribution in [0, 0.1) is 0 Å². The molecule has 2 amide bonds. The summed E-state index contributed by atoms with van der Waals surface area (Å²) in [6, 6.07) is 11.4. The first-order chi connectivity index (χ1) is 12.7. The van der Waals surface area contributed by atoms with Crippen LogP contribution in [0.5, 0.6) is 0 Å². The van der Waals surface area contributed by atoms with Gasteiger partial charge in [0.1, 0.15) is 0 Å². The van der Waals surface area contributed by atoms with E-state index in [-0.39, 0.29) is 11.8 Å². The van der Waals surface area contributed by atoms with Crippen molar-refractivity contribution < 1.29 is 9.59 Å². The number of benzene rings is 1. The summed E-state index contributed by atoms with van der Waals surface area (Å²) >= 11 is 0. The number of hydrogen-bond donors (Lipinski definition) is 0. The fourth-order valence-electron chi connectivity index (χ4n) is 3.61. The third-order valence-electron chi connectivity index (χ3n) is 5.09. The summed E-state index contributed by atoms with van der Waals surface area (Å²) < 4.78 is 0. The van der Waals surface area contributed by atoms with E-state index in [1.807, 2.05) is 41.3 Å². The Morgan fingerprint density at radius 2 is 1.54 bits per heavy atom. The van der Waals surface area contributed by atoms with Crippen molar-refractivity contribution in [1.29, 1.82) is 0 Å². The van der Waals surface area contributed by atoms with Gasteiger partial charge in [-0.3, -0.25) is 14.6 Å². The highest BCUT2D eigenvalue weighted by molar-refractivity contribution is 5.97. The van der Waals surface area contributed by atoms with Crippen molar-refractivity contribution in [2.75, 3.05) is 42.5 Å². The van der Waals surface area contributed by atoms with E-state index >= 15 is 0 Å². The minimum Gasteiger partial charge on any atom is -0.368 e. The number of rotatable bonds is 3. The first-order valence-electron chi connectivity index (χ1n) is 9.07. The molecule has 0 atom stereocenters. The molecule has 2 saturated heterocycles.